The number of amides is 1. The van der Waals surface area contributed by atoms with Gasteiger partial charge in [-0.3, -0.25) is 9.78 Å². The summed E-state index contributed by atoms with van der Waals surface area (Å²) < 4.78 is 0. The van der Waals surface area contributed by atoms with Crippen LogP contribution in [0.5, 0.6) is 0 Å². The third kappa shape index (κ3) is 5.06. The van der Waals surface area contributed by atoms with Gasteiger partial charge in [0.15, 0.2) is 0 Å². The molecule has 0 aliphatic rings. The highest BCUT2D eigenvalue weighted by Gasteiger charge is 2.08. The van der Waals surface area contributed by atoms with Gasteiger partial charge < -0.3 is 15.5 Å². The molecule has 0 saturated carbocycles. The van der Waals surface area contributed by atoms with Crippen LogP contribution in [0.15, 0.2) is 36.7 Å². The molecule has 5 nitrogen and oxygen atoms in total. The average molecular weight is 326 g/mol. The second-order valence-electron chi connectivity index (χ2n) is 6.27. The summed E-state index contributed by atoms with van der Waals surface area (Å²) in [6.07, 6.45) is 4.25. The van der Waals surface area contributed by atoms with E-state index in [1.807, 2.05) is 26.2 Å². The lowest BCUT2D eigenvalue weighted by Crippen LogP contribution is -2.27. The first-order valence-corrected chi connectivity index (χ1v) is 8.18. The van der Waals surface area contributed by atoms with Crippen LogP contribution in [0.1, 0.15) is 27.9 Å². The minimum Gasteiger partial charge on any atom is -0.354 e. The molecule has 1 aromatic heterocycles. The van der Waals surface area contributed by atoms with Crippen molar-refractivity contribution in [3.8, 4) is 0 Å². The Morgan fingerprint density at radius 1 is 1.17 bits per heavy atom. The number of nitrogens with one attached hydrogen (secondary N) is 2. The van der Waals surface area contributed by atoms with E-state index in [2.05, 4.69) is 46.5 Å². The van der Waals surface area contributed by atoms with Crippen LogP contribution in [0.25, 0.3) is 0 Å². The summed E-state index contributed by atoms with van der Waals surface area (Å²) in [5.41, 5.74) is 4.76. The predicted molar refractivity (Wildman–Crippen MR) is 98.9 cm³/mol. The smallest absolute Gasteiger partial charge is 0.252 e. The lowest BCUT2D eigenvalue weighted by molar-refractivity contribution is 0.0952. The van der Waals surface area contributed by atoms with Crippen molar-refractivity contribution in [3.63, 3.8) is 0 Å². The number of nitrogens with zero attached hydrogens (tertiary/aromatic N) is 2. The van der Waals surface area contributed by atoms with Crippen LogP contribution >= 0.6 is 0 Å². The molecular formula is C19H26N4O. The fourth-order valence-corrected chi connectivity index (χ4v) is 2.49. The number of aryl methyl sites for hydroxylation is 2. The van der Waals surface area contributed by atoms with Crippen LogP contribution in [0.3, 0.4) is 0 Å². The number of hydrogen-bond donors (Lipinski definition) is 2. The molecule has 1 amide bonds. The zero-order chi connectivity index (χ0) is 17.5. The average Bonchev–Trinajstić information content (AvgIpc) is 2.55. The zero-order valence-corrected chi connectivity index (χ0v) is 14.9. The van der Waals surface area contributed by atoms with Gasteiger partial charge in [0.2, 0.25) is 0 Å². The number of aromatic nitrogens is 1. The molecule has 0 aliphatic carbocycles. The maximum absolute atomic E-state index is 12.2. The van der Waals surface area contributed by atoms with Gasteiger partial charge in [0, 0.05) is 18.4 Å². The molecule has 0 spiro atoms. The zero-order valence-electron chi connectivity index (χ0n) is 14.9. The van der Waals surface area contributed by atoms with E-state index in [1.165, 1.54) is 0 Å². The third-order valence-corrected chi connectivity index (χ3v) is 3.82. The second kappa shape index (κ2) is 8.45. The van der Waals surface area contributed by atoms with Crippen LogP contribution in [0.2, 0.25) is 0 Å². The Balaban J connectivity index is 2.02. The molecular weight excluding hydrogens is 300 g/mol. The maximum Gasteiger partial charge on any atom is 0.252 e. The minimum atomic E-state index is -0.0913. The summed E-state index contributed by atoms with van der Waals surface area (Å²) >= 11 is 0. The summed E-state index contributed by atoms with van der Waals surface area (Å²) in [5.74, 6) is -0.0913. The summed E-state index contributed by atoms with van der Waals surface area (Å²) in [6.45, 7) is 5.73. The van der Waals surface area contributed by atoms with E-state index in [0.29, 0.717) is 12.1 Å². The standard InChI is InChI=1S/C19H26N4O/c1-14-7-5-8-15(2)18(14)22-17-11-16(12-20-13-17)19(24)21-9-6-10-23(3)4/h5,7-8,11-13,22H,6,9-10H2,1-4H3,(H,21,24). The fraction of sp³-hybridized carbons (Fsp3) is 0.368. The summed E-state index contributed by atoms with van der Waals surface area (Å²) in [6, 6.07) is 7.99. The van der Waals surface area contributed by atoms with Crippen molar-refractivity contribution in [1.29, 1.82) is 0 Å². The summed E-state index contributed by atoms with van der Waals surface area (Å²) in [4.78, 5) is 18.5. The molecule has 24 heavy (non-hydrogen) atoms. The van der Waals surface area contributed by atoms with Gasteiger partial charge in [0.25, 0.3) is 5.91 Å². The van der Waals surface area contributed by atoms with Crippen molar-refractivity contribution in [2.45, 2.75) is 20.3 Å². The number of carbonyl (C=O) groups excluding carboxylic acids is 1. The first kappa shape index (κ1) is 17.9. The van der Waals surface area contributed by atoms with Crippen molar-refractivity contribution < 1.29 is 4.79 Å². The Hall–Kier alpha value is -2.40. The molecule has 2 rings (SSSR count). The molecule has 1 heterocycles. The highest BCUT2D eigenvalue weighted by molar-refractivity contribution is 5.94. The molecule has 0 atom stereocenters. The lowest BCUT2D eigenvalue weighted by Gasteiger charge is -2.13. The number of para-hydroxylation sites is 1. The van der Waals surface area contributed by atoms with Crippen LogP contribution in [-0.2, 0) is 0 Å². The number of rotatable bonds is 7. The molecule has 0 unspecified atom stereocenters. The predicted octanol–water partition coefficient (Wildman–Crippen LogP) is 3.12. The number of benzene rings is 1. The van der Waals surface area contributed by atoms with Gasteiger partial charge >= 0.3 is 0 Å². The quantitative estimate of drug-likeness (QED) is 0.768. The van der Waals surface area contributed by atoms with Crippen molar-refractivity contribution in [2.24, 2.45) is 0 Å². The Kier molecular flexibility index (Phi) is 6.32. The van der Waals surface area contributed by atoms with Crippen molar-refractivity contribution in [2.75, 3.05) is 32.5 Å². The van der Waals surface area contributed by atoms with Gasteiger partial charge in [-0.1, -0.05) is 18.2 Å². The van der Waals surface area contributed by atoms with Crippen LogP contribution < -0.4 is 10.6 Å². The number of hydrogen-bond acceptors (Lipinski definition) is 4. The number of anilines is 2. The Bertz CT molecular complexity index is 677. The molecule has 5 heteroatoms. The van der Waals surface area contributed by atoms with Crippen molar-refractivity contribution >= 4 is 17.3 Å². The highest BCUT2D eigenvalue weighted by Crippen LogP contribution is 2.24. The largest absolute Gasteiger partial charge is 0.354 e. The molecule has 2 N–H and O–H groups in total. The lowest BCUT2D eigenvalue weighted by atomic mass is 10.1. The summed E-state index contributed by atoms with van der Waals surface area (Å²) in [5, 5.41) is 6.30. The summed E-state index contributed by atoms with van der Waals surface area (Å²) in [7, 11) is 4.04. The fourth-order valence-electron chi connectivity index (χ4n) is 2.49. The minimum absolute atomic E-state index is 0.0913. The van der Waals surface area contributed by atoms with Crippen molar-refractivity contribution in [3.05, 3.63) is 53.3 Å². The topological polar surface area (TPSA) is 57.3 Å². The van der Waals surface area contributed by atoms with Gasteiger partial charge in [0.1, 0.15) is 0 Å². The van der Waals surface area contributed by atoms with Gasteiger partial charge in [-0.15, -0.1) is 0 Å². The molecule has 0 fully saturated rings. The van der Waals surface area contributed by atoms with Crippen LogP contribution in [0.4, 0.5) is 11.4 Å². The van der Waals surface area contributed by atoms with E-state index < -0.39 is 0 Å². The SMILES string of the molecule is Cc1cccc(C)c1Nc1cncc(C(=O)NCCCN(C)C)c1. The van der Waals surface area contributed by atoms with E-state index in [-0.39, 0.29) is 5.91 Å². The van der Waals surface area contributed by atoms with E-state index in [4.69, 9.17) is 0 Å². The molecule has 0 saturated heterocycles. The van der Waals surface area contributed by atoms with E-state index in [1.54, 1.807) is 12.4 Å². The first-order valence-electron chi connectivity index (χ1n) is 8.18. The molecule has 128 valence electrons. The van der Waals surface area contributed by atoms with Gasteiger partial charge in [-0.05, 0) is 58.1 Å². The Labute approximate surface area is 144 Å². The van der Waals surface area contributed by atoms with Crippen LogP contribution in [0, 0.1) is 13.8 Å². The Morgan fingerprint density at radius 3 is 2.54 bits per heavy atom. The maximum atomic E-state index is 12.2. The molecule has 0 aliphatic heterocycles. The van der Waals surface area contributed by atoms with Gasteiger partial charge in [-0.2, -0.15) is 0 Å². The third-order valence-electron chi connectivity index (χ3n) is 3.82. The highest BCUT2D eigenvalue weighted by atomic mass is 16.1. The van der Waals surface area contributed by atoms with E-state index in [0.717, 1.165) is 35.5 Å². The molecule has 0 bridgehead atoms. The first-order chi connectivity index (χ1) is 11.5. The molecule has 2 aromatic rings. The second-order valence-corrected chi connectivity index (χ2v) is 6.27. The monoisotopic (exact) mass is 326 g/mol. The van der Waals surface area contributed by atoms with E-state index in [9.17, 15) is 4.79 Å². The normalized spacial score (nSPS) is 10.7. The molecule has 0 radical (unpaired) electrons. The van der Waals surface area contributed by atoms with Gasteiger partial charge in [-0.25, -0.2) is 0 Å². The molecule has 1 aromatic carbocycles. The Morgan fingerprint density at radius 2 is 1.88 bits per heavy atom. The van der Waals surface area contributed by atoms with Gasteiger partial charge in [0.05, 0.1) is 17.4 Å². The number of pyridine rings is 1. The van der Waals surface area contributed by atoms with Crippen LogP contribution in [-0.4, -0.2) is 43.0 Å². The number of carbonyl (C=O) groups is 1. The van der Waals surface area contributed by atoms with E-state index >= 15 is 0 Å². The van der Waals surface area contributed by atoms with Crippen molar-refractivity contribution in [1.82, 2.24) is 15.2 Å².